The quantitative estimate of drug-likeness (QED) is 0.356. The maximum absolute atomic E-state index is 14.0. The molecular weight excluding hydrogens is 480 g/mol. The van der Waals surface area contributed by atoms with Crippen molar-refractivity contribution in [2.24, 2.45) is 5.73 Å². The van der Waals surface area contributed by atoms with Crippen LogP contribution in [0.3, 0.4) is 0 Å². The van der Waals surface area contributed by atoms with Crippen molar-refractivity contribution in [3.63, 3.8) is 0 Å². The number of hydrogen-bond donors (Lipinski definition) is 3. The second-order valence-electron chi connectivity index (χ2n) is 9.82. The number of nitrogens with zero attached hydrogens (tertiary/aromatic N) is 1. The second kappa shape index (κ2) is 14.2. The summed E-state index contributed by atoms with van der Waals surface area (Å²) < 4.78 is 9.93. The van der Waals surface area contributed by atoms with E-state index in [-0.39, 0.29) is 19.4 Å². The third-order valence-electron chi connectivity index (χ3n) is 5.51. The Morgan fingerprint density at radius 2 is 1.78 bits per heavy atom. The van der Waals surface area contributed by atoms with Gasteiger partial charge in [-0.2, -0.15) is 0 Å². The second-order valence-corrected chi connectivity index (χ2v) is 9.82. The zero-order valence-corrected chi connectivity index (χ0v) is 22.8. The van der Waals surface area contributed by atoms with Crippen LogP contribution < -0.4 is 16.4 Å². The molecule has 0 radical (unpaired) electrons. The number of esters is 1. The fraction of sp³-hybridized carbons (Fsp3) is 0.577. The van der Waals surface area contributed by atoms with Gasteiger partial charge < -0.3 is 30.7 Å². The van der Waals surface area contributed by atoms with Crippen LogP contribution in [0.5, 0.6) is 0 Å². The van der Waals surface area contributed by atoms with Crippen LogP contribution in [0, 0.1) is 6.92 Å². The molecule has 4 N–H and O–H groups in total. The number of primary amides is 1. The Bertz CT molecular complexity index is 974. The number of hydrogen-bond acceptors (Lipinski definition) is 7. The van der Waals surface area contributed by atoms with Crippen LogP contribution in [0.15, 0.2) is 24.3 Å². The molecular formula is C26H40N4O7. The summed E-state index contributed by atoms with van der Waals surface area (Å²) in [7, 11) is 1.20. The lowest BCUT2D eigenvalue weighted by molar-refractivity contribution is -0.146. The zero-order chi connectivity index (χ0) is 28.3. The SMILES string of the molecule is CCC(C)N(C(=O)C(CCC(N)=O)NC(=O)OC(C)(C)C)C(C(=O)NCC(=O)OC)c1cccc(C)c1. The highest BCUT2D eigenvalue weighted by Gasteiger charge is 2.38. The number of nitrogens with two attached hydrogens (primary N) is 1. The minimum absolute atomic E-state index is 0.0926. The molecule has 0 aliphatic heterocycles. The van der Waals surface area contributed by atoms with E-state index in [1.54, 1.807) is 45.9 Å². The Labute approximate surface area is 218 Å². The molecule has 3 atom stereocenters. The van der Waals surface area contributed by atoms with Crippen LogP contribution in [0.4, 0.5) is 4.79 Å². The first-order chi connectivity index (χ1) is 17.2. The predicted octanol–water partition coefficient (Wildman–Crippen LogP) is 2.11. The molecule has 0 aliphatic rings. The van der Waals surface area contributed by atoms with Gasteiger partial charge in [0, 0.05) is 12.5 Å². The summed E-state index contributed by atoms with van der Waals surface area (Å²) in [6, 6.07) is 4.29. The molecule has 0 spiro atoms. The Hall–Kier alpha value is -3.63. The van der Waals surface area contributed by atoms with Gasteiger partial charge in [-0.1, -0.05) is 36.8 Å². The zero-order valence-electron chi connectivity index (χ0n) is 22.8. The van der Waals surface area contributed by atoms with Gasteiger partial charge in [-0.05, 0) is 53.0 Å². The summed E-state index contributed by atoms with van der Waals surface area (Å²) in [6.07, 6.45) is -0.635. The van der Waals surface area contributed by atoms with Gasteiger partial charge in [0.2, 0.25) is 17.7 Å². The van der Waals surface area contributed by atoms with Crippen molar-refractivity contribution in [1.29, 1.82) is 0 Å². The minimum Gasteiger partial charge on any atom is -0.468 e. The molecule has 206 valence electrons. The molecule has 0 bridgehead atoms. The molecule has 0 heterocycles. The number of amides is 4. The van der Waals surface area contributed by atoms with Crippen molar-refractivity contribution in [2.75, 3.05) is 13.7 Å². The van der Waals surface area contributed by atoms with Crippen LogP contribution in [0.1, 0.15) is 71.0 Å². The molecule has 11 nitrogen and oxygen atoms in total. The Kier molecular flexibility index (Phi) is 12.0. The van der Waals surface area contributed by atoms with Crippen molar-refractivity contribution in [1.82, 2.24) is 15.5 Å². The largest absolute Gasteiger partial charge is 0.468 e. The highest BCUT2D eigenvalue weighted by atomic mass is 16.6. The number of benzene rings is 1. The molecule has 1 aromatic rings. The molecule has 3 unspecified atom stereocenters. The van der Waals surface area contributed by atoms with E-state index in [1.165, 1.54) is 12.0 Å². The van der Waals surface area contributed by atoms with E-state index in [4.69, 9.17) is 10.5 Å². The van der Waals surface area contributed by atoms with Crippen molar-refractivity contribution < 1.29 is 33.4 Å². The third kappa shape index (κ3) is 10.5. The van der Waals surface area contributed by atoms with E-state index in [0.717, 1.165) is 5.56 Å². The van der Waals surface area contributed by atoms with Crippen molar-refractivity contribution in [3.8, 4) is 0 Å². The number of methoxy groups -OCH3 is 1. The number of alkyl carbamates (subject to hydrolysis) is 1. The summed E-state index contributed by atoms with van der Waals surface area (Å²) in [5.74, 6) is -2.50. The van der Waals surface area contributed by atoms with E-state index >= 15 is 0 Å². The lowest BCUT2D eigenvalue weighted by atomic mass is 9.97. The molecule has 0 aromatic heterocycles. The van der Waals surface area contributed by atoms with Crippen LogP contribution in [0.25, 0.3) is 0 Å². The Morgan fingerprint density at radius 1 is 1.14 bits per heavy atom. The average molecular weight is 521 g/mol. The summed E-state index contributed by atoms with van der Waals surface area (Å²) in [4.78, 5) is 64.6. The van der Waals surface area contributed by atoms with Gasteiger partial charge in [0.05, 0.1) is 7.11 Å². The Morgan fingerprint density at radius 3 is 2.30 bits per heavy atom. The highest BCUT2D eigenvalue weighted by molar-refractivity contribution is 5.93. The molecule has 1 rings (SSSR count). The normalized spacial score (nSPS) is 13.5. The standard InChI is InChI=1S/C26H40N4O7/c1-8-17(3)30(24(34)19(12-13-20(27)31)29-25(35)37-26(4,5)6)22(18-11-9-10-16(2)14-18)23(33)28-15-21(32)36-7/h9-11,14,17,19,22H,8,12-13,15H2,1-7H3,(H2,27,31)(H,28,33)(H,29,35). The molecule has 0 saturated carbocycles. The van der Waals surface area contributed by atoms with Gasteiger partial charge in [0.1, 0.15) is 24.2 Å². The lowest BCUT2D eigenvalue weighted by Crippen LogP contribution is -2.55. The molecule has 4 amide bonds. The lowest BCUT2D eigenvalue weighted by Gasteiger charge is -2.38. The Balaban J connectivity index is 3.53. The third-order valence-corrected chi connectivity index (χ3v) is 5.51. The number of carbonyl (C=O) groups is 5. The number of carbonyl (C=O) groups excluding carboxylic acids is 5. The number of aryl methyl sites for hydroxylation is 1. The molecule has 37 heavy (non-hydrogen) atoms. The van der Waals surface area contributed by atoms with Gasteiger partial charge in [0.25, 0.3) is 0 Å². The number of nitrogens with one attached hydrogen (secondary N) is 2. The predicted molar refractivity (Wildman–Crippen MR) is 137 cm³/mol. The van der Waals surface area contributed by atoms with Gasteiger partial charge in [0.15, 0.2) is 0 Å². The van der Waals surface area contributed by atoms with Gasteiger partial charge >= 0.3 is 12.1 Å². The number of rotatable bonds is 12. The smallest absolute Gasteiger partial charge is 0.408 e. The first-order valence-corrected chi connectivity index (χ1v) is 12.2. The highest BCUT2D eigenvalue weighted by Crippen LogP contribution is 2.27. The van der Waals surface area contributed by atoms with Crippen LogP contribution in [0.2, 0.25) is 0 Å². The minimum atomic E-state index is -1.20. The monoisotopic (exact) mass is 520 g/mol. The van der Waals surface area contributed by atoms with Crippen LogP contribution in [-0.4, -0.2) is 66.0 Å². The van der Waals surface area contributed by atoms with Crippen LogP contribution >= 0.6 is 0 Å². The summed E-state index contributed by atoms with van der Waals surface area (Å²) in [5.41, 5.74) is 5.87. The summed E-state index contributed by atoms with van der Waals surface area (Å²) >= 11 is 0. The number of ether oxygens (including phenoxy) is 2. The van der Waals surface area contributed by atoms with Crippen molar-refractivity contribution in [3.05, 3.63) is 35.4 Å². The van der Waals surface area contributed by atoms with E-state index in [2.05, 4.69) is 15.4 Å². The fourth-order valence-corrected chi connectivity index (χ4v) is 3.58. The molecule has 1 aromatic carbocycles. The van der Waals surface area contributed by atoms with Gasteiger partial charge in [-0.15, -0.1) is 0 Å². The first kappa shape index (κ1) is 31.4. The summed E-state index contributed by atoms with van der Waals surface area (Å²) in [5, 5.41) is 5.07. The molecule has 11 heteroatoms. The molecule has 0 aliphatic carbocycles. The van der Waals surface area contributed by atoms with E-state index in [1.807, 2.05) is 19.9 Å². The average Bonchev–Trinajstić information content (AvgIpc) is 2.81. The van der Waals surface area contributed by atoms with E-state index in [9.17, 15) is 24.0 Å². The van der Waals surface area contributed by atoms with Gasteiger partial charge in [-0.25, -0.2) is 4.79 Å². The maximum Gasteiger partial charge on any atom is 0.408 e. The topological polar surface area (TPSA) is 157 Å². The van der Waals surface area contributed by atoms with Crippen LogP contribution in [-0.2, 0) is 28.7 Å². The van der Waals surface area contributed by atoms with Crippen molar-refractivity contribution >= 4 is 29.8 Å². The van der Waals surface area contributed by atoms with Gasteiger partial charge in [-0.3, -0.25) is 19.2 Å². The van der Waals surface area contributed by atoms with E-state index < -0.39 is 53.5 Å². The maximum atomic E-state index is 14.0. The summed E-state index contributed by atoms with van der Waals surface area (Å²) in [6.45, 7) is 10.1. The first-order valence-electron chi connectivity index (χ1n) is 12.2. The molecule has 0 saturated heterocycles. The van der Waals surface area contributed by atoms with E-state index in [0.29, 0.717) is 12.0 Å². The van der Waals surface area contributed by atoms with Crippen molar-refractivity contribution in [2.45, 2.75) is 84.5 Å². The molecule has 0 fully saturated rings. The fourth-order valence-electron chi connectivity index (χ4n) is 3.58.